The summed E-state index contributed by atoms with van der Waals surface area (Å²) in [7, 11) is 3.09. The molecule has 0 unspecified atom stereocenters. The van der Waals surface area contributed by atoms with Gasteiger partial charge in [0, 0.05) is 24.0 Å². The van der Waals surface area contributed by atoms with Gasteiger partial charge in [0.15, 0.2) is 11.5 Å². The third-order valence-electron chi connectivity index (χ3n) is 5.11. The van der Waals surface area contributed by atoms with Gasteiger partial charge in [-0.2, -0.15) is 0 Å². The molecule has 0 saturated carbocycles. The van der Waals surface area contributed by atoms with Crippen molar-refractivity contribution < 1.29 is 14.3 Å². The molecule has 6 heteroatoms. The maximum Gasteiger partial charge on any atom is 0.257 e. The lowest BCUT2D eigenvalue weighted by Crippen LogP contribution is -2.22. The third kappa shape index (κ3) is 4.28. The number of hydrogen-bond donors (Lipinski definition) is 1. The van der Waals surface area contributed by atoms with E-state index in [0.29, 0.717) is 29.3 Å². The summed E-state index contributed by atoms with van der Waals surface area (Å²) in [5, 5.41) is 5.02. The fourth-order valence-electron chi connectivity index (χ4n) is 3.52. The summed E-state index contributed by atoms with van der Waals surface area (Å²) in [6.45, 7) is 0.373. The number of anilines is 1. The molecule has 0 saturated heterocycles. The zero-order valence-electron chi connectivity index (χ0n) is 17.3. The van der Waals surface area contributed by atoms with Gasteiger partial charge in [-0.3, -0.25) is 9.59 Å². The first kappa shape index (κ1) is 20.2. The molecule has 3 aromatic carbocycles. The van der Waals surface area contributed by atoms with Crippen molar-refractivity contribution in [3.05, 3.63) is 100 Å². The Morgan fingerprint density at radius 1 is 0.903 bits per heavy atom. The lowest BCUT2D eigenvalue weighted by molar-refractivity contribution is 0.102. The molecule has 6 nitrogen and oxygen atoms in total. The molecule has 0 bridgehead atoms. The van der Waals surface area contributed by atoms with E-state index < -0.39 is 0 Å². The zero-order chi connectivity index (χ0) is 21.8. The Labute approximate surface area is 179 Å². The van der Waals surface area contributed by atoms with E-state index in [-0.39, 0.29) is 11.5 Å². The van der Waals surface area contributed by atoms with E-state index in [9.17, 15) is 9.59 Å². The number of amides is 1. The number of rotatable bonds is 6. The summed E-state index contributed by atoms with van der Waals surface area (Å²) in [5.41, 5.74) is 1.79. The van der Waals surface area contributed by atoms with Crippen LogP contribution in [0.15, 0.2) is 83.8 Å². The van der Waals surface area contributed by atoms with Gasteiger partial charge in [-0.15, -0.1) is 0 Å². The number of carbonyl (C=O) groups is 1. The van der Waals surface area contributed by atoms with Gasteiger partial charge >= 0.3 is 0 Å². The molecule has 0 spiro atoms. The van der Waals surface area contributed by atoms with Crippen LogP contribution in [0.4, 0.5) is 5.69 Å². The largest absolute Gasteiger partial charge is 0.493 e. The van der Waals surface area contributed by atoms with Crippen molar-refractivity contribution in [2.75, 3.05) is 19.5 Å². The number of carbonyl (C=O) groups excluding carboxylic acids is 1. The Bertz CT molecular complexity index is 1310. The molecule has 0 aliphatic carbocycles. The van der Waals surface area contributed by atoms with Crippen LogP contribution >= 0.6 is 0 Å². The Morgan fingerprint density at radius 3 is 2.48 bits per heavy atom. The highest BCUT2D eigenvalue weighted by Gasteiger charge is 2.11. The summed E-state index contributed by atoms with van der Waals surface area (Å²) >= 11 is 0. The lowest BCUT2D eigenvalue weighted by atomic mass is 10.0. The number of ether oxygens (including phenoxy) is 2. The predicted molar refractivity (Wildman–Crippen MR) is 121 cm³/mol. The average Bonchev–Trinajstić information content (AvgIpc) is 2.80. The van der Waals surface area contributed by atoms with Crippen molar-refractivity contribution >= 4 is 22.4 Å². The van der Waals surface area contributed by atoms with Gasteiger partial charge < -0.3 is 19.4 Å². The summed E-state index contributed by atoms with van der Waals surface area (Å²) in [6.07, 6.45) is 1.58. The fourth-order valence-corrected chi connectivity index (χ4v) is 3.52. The second-order valence-corrected chi connectivity index (χ2v) is 7.05. The standard InChI is InChI=1S/C25H22N2O4/c1-30-22-12-11-20(14-23(22)31-2)26-25(29)19-10-13-24(28)27(16-19)15-18-8-5-7-17-6-3-4-9-21(17)18/h3-14,16H,15H2,1-2H3,(H,26,29). The van der Waals surface area contributed by atoms with Crippen LogP contribution in [0.25, 0.3) is 10.8 Å². The van der Waals surface area contributed by atoms with Gasteiger partial charge in [0.25, 0.3) is 11.5 Å². The first-order chi connectivity index (χ1) is 15.1. The van der Waals surface area contributed by atoms with Crippen molar-refractivity contribution in [3.8, 4) is 11.5 Å². The molecule has 31 heavy (non-hydrogen) atoms. The van der Waals surface area contributed by atoms with E-state index >= 15 is 0 Å². The summed E-state index contributed by atoms with van der Waals surface area (Å²) in [5.74, 6) is 0.768. The second kappa shape index (κ2) is 8.75. The molecule has 0 radical (unpaired) electrons. The van der Waals surface area contributed by atoms with Crippen molar-refractivity contribution in [1.82, 2.24) is 4.57 Å². The highest BCUT2D eigenvalue weighted by atomic mass is 16.5. The fraction of sp³-hybridized carbons (Fsp3) is 0.120. The number of methoxy groups -OCH3 is 2. The van der Waals surface area contributed by atoms with Crippen molar-refractivity contribution in [2.45, 2.75) is 6.54 Å². The van der Waals surface area contributed by atoms with E-state index in [0.717, 1.165) is 16.3 Å². The van der Waals surface area contributed by atoms with E-state index in [2.05, 4.69) is 5.32 Å². The molecular formula is C25H22N2O4. The molecule has 156 valence electrons. The topological polar surface area (TPSA) is 69.6 Å². The normalized spacial score (nSPS) is 10.6. The van der Waals surface area contributed by atoms with Crippen LogP contribution < -0.4 is 20.3 Å². The maximum atomic E-state index is 12.8. The number of aromatic nitrogens is 1. The minimum absolute atomic E-state index is 0.171. The molecule has 1 aromatic heterocycles. The SMILES string of the molecule is COc1ccc(NC(=O)c2ccc(=O)n(Cc3cccc4ccccc34)c2)cc1OC. The highest BCUT2D eigenvalue weighted by Crippen LogP contribution is 2.30. The van der Waals surface area contributed by atoms with Crippen molar-refractivity contribution in [3.63, 3.8) is 0 Å². The molecule has 0 atom stereocenters. The number of nitrogens with zero attached hydrogens (tertiary/aromatic N) is 1. The molecule has 0 aliphatic rings. The average molecular weight is 414 g/mol. The number of fused-ring (bicyclic) bond motifs is 1. The van der Waals surface area contributed by atoms with Gasteiger partial charge in [0.2, 0.25) is 0 Å². The molecule has 0 fully saturated rings. The van der Waals surface area contributed by atoms with E-state index in [1.165, 1.54) is 19.2 Å². The van der Waals surface area contributed by atoms with Gasteiger partial charge in [0.05, 0.1) is 26.3 Å². The summed E-state index contributed by atoms with van der Waals surface area (Å²) in [6, 6.07) is 22.1. The third-order valence-corrected chi connectivity index (χ3v) is 5.11. The van der Waals surface area contributed by atoms with Gasteiger partial charge in [-0.25, -0.2) is 0 Å². The summed E-state index contributed by atoms with van der Waals surface area (Å²) < 4.78 is 12.0. The van der Waals surface area contributed by atoms with Crippen LogP contribution in [0.2, 0.25) is 0 Å². The van der Waals surface area contributed by atoms with Gasteiger partial charge in [0.1, 0.15) is 0 Å². The number of benzene rings is 3. The van der Waals surface area contributed by atoms with E-state index in [4.69, 9.17) is 9.47 Å². The maximum absolute atomic E-state index is 12.8. The van der Waals surface area contributed by atoms with Crippen LogP contribution in [-0.4, -0.2) is 24.7 Å². The molecule has 4 rings (SSSR count). The zero-order valence-corrected chi connectivity index (χ0v) is 17.3. The number of hydrogen-bond acceptors (Lipinski definition) is 4. The Hall–Kier alpha value is -4.06. The predicted octanol–water partition coefficient (Wildman–Crippen LogP) is 4.32. The second-order valence-electron chi connectivity index (χ2n) is 7.05. The molecular weight excluding hydrogens is 392 g/mol. The van der Waals surface area contributed by atoms with Crippen molar-refractivity contribution in [2.24, 2.45) is 0 Å². The lowest BCUT2D eigenvalue weighted by Gasteiger charge is -2.12. The Balaban J connectivity index is 1.60. The van der Waals surface area contributed by atoms with Crippen LogP contribution in [0.1, 0.15) is 15.9 Å². The summed E-state index contributed by atoms with van der Waals surface area (Å²) in [4.78, 5) is 25.2. The monoisotopic (exact) mass is 414 g/mol. The first-order valence-corrected chi connectivity index (χ1v) is 9.79. The van der Waals surface area contributed by atoms with E-state index in [1.807, 2.05) is 42.5 Å². The number of nitrogens with one attached hydrogen (secondary N) is 1. The molecule has 1 heterocycles. The van der Waals surface area contributed by atoms with Crippen LogP contribution in [0.3, 0.4) is 0 Å². The van der Waals surface area contributed by atoms with Crippen LogP contribution in [-0.2, 0) is 6.54 Å². The van der Waals surface area contributed by atoms with Gasteiger partial charge in [-0.05, 0) is 34.5 Å². The van der Waals surface area contributed by atoms with Crippen LogP contribution in [0, 0.1) is 0 Å². The first-order valence-electron chi connectivity index (χ1n) is 9.79. The Morgan fingerprint density at radius 2 is 1.68 bits per heavy atom. The number of pyridine rings is 1. The van der Waals surface area contributed by atoms with E-state index in [1.54, 1.807) is 36.1 Å². The van der Waals surface area contributed by atoms with Gasteiger partial charge in [-0.1, -0.05) is 42.5 Å². The highest BCUT2D eigenvalue weighted by molar-refractivity contribution is 6.04. The Kier molecular flexibility index (Phi) is 5.71. The van der Waals surface area contributed by atoms with Crippen molar-refractivity contribution in [1.29, 1.82) is 0 Å². The minimum Gasteiger partial charge on any atom is -0.493 e. The molecule has 1 amide bonds. The molecule has 0 aliphatic heterocycles. The quantitative estimate of drug-likeness (QED) is 0.510. The smallest absolute Gasteiger partial charge is 0.257 e. The minimum atomic E-state index is -0.320. The molecule has 1 N–H and O–H groups in total. The van der Waals surface area contributed by atoms with Crippen LogP contribution in [0.5, 0.6) is 11.5 Å². The molecule has 4 aromatic rings.